The lowest BCUT2D eigenvalue weighted by molar-refractivity contribution is -0.134. The van der Waals surface area contributed by atoms with Gasteiger partial charge in [-0.25, -0.2) is 4.79 Å². The summed E-state index contributed by atoms with van der Waals surface area (Å²) in [6, 6.07) is 3.84. The third-order valence-corrected chi connectivity index (χ3v) is 7.48. The van der Waals surface area contributed by atoms with Gasteiger partial charge in [-0.3, -0.25) is 19.3 Å². The molecule has 2 aliphatic heterocycles. The highest BCUT2D eigenvalue weighted by molar-refractivity contribution is 7.09. The number of aromatic nitrogens is 2. The Labute approximate surface area is 188 Å². The second-order valence-electron chi connectivity index (χ2n) is 9.36. The smallest absolute Gasteiger partial charge is 0.323 e. The van der Waals surface area contributed by atoms with Gasteiger partial charge < -0.3 is 5.32 Å². The number of urea groups is 1. The maximum absolute atomic E-state index is 13.6. The number of hydrogen-bond donors (Lipinski definition) is 1. The molecule has 8 heteroatoms. The summed E-state index contributed by atoms with van der Waals surface area (Å²) in [6.45, 7) is 7.45. The number of carbonyl (C=O) groups excluding carboxylic acids is 2. The number of piperidine rings is 1. The van der Waals surface area contributed by atoms with Crippen LogP contribution in [0.2, 0.25) is 0 Å². The van der Waals surface area contributed by atoms with E-state index in [0.29, 0.717) is 18.9 Å². The Morgan fingerprint density at radius 3 is 2.68 bits per heavy atom. The third kappa shape index (κ3) is 4.70. The lowest BCUT2D eigenvalue weighted by Crippen LogP contribution is -2.56. The Morgan fingerprint density at radius 1 is 1.29 bits per heavy atom. The average molecular weight is 444 g/mol. The van der Waals surface area contributed by atoms with Gasteiger partial charge in [-0.15, -0.1) is 11.3 Å². The Bertz CT molecular complexity index is 901. The lowest BCUT2D eigenvalue weighted by Gasteiger charge is -2.41. The highest BCUT2D eigenvalue weighted by atomic mass is 32.1. The van der Waals surface area contributed by atoms with Crippen molar-refractivity contribution in [1.29, 1.82) is 0 Å². The minimum absolute atomic E-state index is 0.0199. The highest BCUT2D eigenvalue weighted by Gasteiger charge is 2.55. The number of carbonyl (C=O) groups is 2. The number of nitrogens with one attached hydrogen (secondary N) is 1. The van der Waals surface area contributed by atoms with Gasteiger partial charge >= 0.3 is 6.03 Å². The normalized spacial score (nSPS) is 23.2. The maximum atomic E-state index is 13.6. The van der Waals surface area contributed by atoms with Crippen LogP contribution in [-0.4, -0.2) is 56.7 Å². The zero-order chi connectivity index (χ0) is 22.0. The van der Waals surface area contributed by atoms with Crippen molar-refractivity contribution in [2.24, 2.45) is 18.9 Å². The van der Waals surface area contributed by atoms with Crippen molar-refractivity contribution >= 4 is 23.3 Å². The molecule has 2 aliphatic rings. The molecule has 0 radical (unpaired) electrons. The number of nitrogens with zero attached hydrogens (tertiary/aromatic N) is 4. The molecule has 2 fully saturated rings. The van der Waals surface area contributed by atoms with E-state index in [9.17, 15) is 9.59 Å². The van der Waals surface area contributed by atoms with E-state index in [1.54, 1.807) is 11.3 Å². The molecule has 0 unspecified atom stereocenters. The van der Waals surface area contributed by atoms with E-state index in [1.165, 1.54) is 15.3 Å². The summed E-state index contributed by atoms with van der Waals surface area (Å²) in [5.74, 6) is 0.478. The number of hydrogen-bond acceptors (Lipinski definition) is 5. The van der Waals surface area contributed by atoms with Crippen molar-refractivity contribution in [3.05, 3.63) is 40.3 Å². The molecule has 1 atom stereocenters. The Morgan fingerprint density at radius 2 is 2.06 bits per heavy atom. The van der Waals surface area contributed by atoms with Crippen LogP contribution >= 0.6 is 11.3 Å². The quantitative estimate of drug-likeness (QED) is 0.636. The van der Waals surface area contributed by atoms with Crippen LogP contribution in [0.4, 0.5) is 4.79 Å². The first-order valence-corrected chi connectivity index (χ1v) is 12.1. The van der Waals surface area contributed by atoms with Crippen LogP contribution in [-0.2, 0) is 24.8 Å². The van der Waals surface area contributed by atoms with Crippen LogP contribution < -0.4 is 5.32 Å². The van der Waals surface area contributed by atoms with Gasteiger partial charge in [0.25, 0.3) is 5.91 Å². The van der Waals surface area contributed by atoms with Crippen molar-refractivity contribution in [3.8, 4) is 0 Å². The summed E-state index contributed by atoms with van der Waals surface area (Å²) in [5.41, 5.74) is 0.448. The SMILES string of the molecule is CC(C)C[C@@]1(C2CCN(Cc3cnn(C)c3)CC2)NC(=O)N(CCc2cccs2)C1=O. The molecular formula is C23H33N5O2S. The molecule has 2 aromatic rings. The van der Waals surface area contributed by atoms with E-state index in [2.05, 4.69) is 41.4 Å². The van der Waals surface area contributed by atoms with Crippen LogP contribution in [0.15, 0.2) is 29.9 Å². The van der Waals surface area contributed by atoms with Crippen LogP contribution in [0.25, 0.3) is 0 Å². The Hall–Kier alpha value is -2.19. The van der Waals surface area contributed by atoms with Crippen molar-refractivity contribution in [1.82, 2.24) is 24.9 Å². The van der Waals surface area contributed by atoms with Gasteiger partial charge in [0.15, 0.2) is 0 Å². The Balaban J connectivity index is 1.44. The molecule has 4 rings (SSSR count). The number of thiophene rings is 1. The molecule has 2 aromatic heterocycles. The van der Waals surface area contributed by atoms with Crippen molar-refractivity contribution in [2.75, 3.05) is 19.6 Å². The van der Waals surface area contributed by atoms with Gasteiger partial charge in [0.2, 0.25) is 0 Å². The largest absolute Gasteiger partial charge is 0.325 e. The van der Waals surface area contributed by atoms with E-state index < -0.39 is 5.54 Å². The van der Waals surface area contributed by atoms with Crippen molar-refractivity contribution in [2.45, 2.75) is 51.6 Å². The van der Waals surface area contributed by atoms with E-state index in [-0.39, 0.29) is 17.9 Å². The molecule has 0 aliphatic carbocycles. The van der Waals surface area contributed by atoms with Crippen LogP contribution in [0.1, 0.15) is 43.6 Å². The lowest BCUT2D eigenvalue weighted by atomic mass is 9.73. The van der Waals surface area contributed by atoms with Crippen LogP contribution in [0.3, 0.4) is 0 Å². The molecule has 31 heavy (non-hydrogen) atoms. The highest BCUT2D eigenvalue weighted by Crippen LogP contribution is 2.38. The second-order valence-corrected chi connectivity index (χ2v) is 10.4. The van der Waals surface area contributed by atoms with E-state index in [1.807, 2.05) is 29.4 Å². The van der Waals surface area contributed by atoms with Crippen molar-refractivity contribution in [3.63, 3.8) is 0 Å². The molecular weight excluding hydrogens is 410 g/mol. The fourth-order valence-corrected chi connectivity index (χ4v) is 5.84. The van der Waals surface area contributed by atoms with E-state index in [0.717, 1.165) is 38.9 Å². The number of rotatable bonds is 8. The summed E-state index contributed by atoms with van der Waals surface area (Å²) in [6.07, 6.45) is 7.21. The summed E-state index contributed by atoms with van der Waals surface area (Å²) in [4.78, 5) is 31.6. The molecule has 0 bridgehead atoms. The molecule has 3 amide bonds. The number of amides is 3. The number of aryl methyl sites for hydroxylation is 1. The molecule has 168 valence electrons. The fraction of sp³-hybridized carbons (Fsp3) is 0.609. The minimum Gasteiger partial charge on any atom is -0.323 e. The first-order valence-electron chi connectivity index (χ1n) is 11.2. The molecule has 2 saturated heterocycles. The third-order valence-electron chi connectivity index (χ3n) is 6.54. The van der Waals surface area contributed by atoms with Crippen LogP contribution in [0, 0.1) is 11.8 Å². The van der Waals surface area contributed by atoms with Gasteiger partial charge in [0.05, 0.1) is 6.20 Å². The number of imide groups is 1. The molecule has 0 saturated carbocycles. The topological polar surface area (TPSA) is 70.5 Å². The van der Waals surface area contributed by atoms with E-state index >= 15 is 0 Å². The summed E-state index contributed by atoms with van der Waals surface area (Å²) >= 11 is 1.67. The maximum Gasteiger partial charge on any atom is 0.325 e. The fourth-order valence-electron chi connectivity index (χ4n) is 5.15. The summed E-state index contributed by atoms with van der Waals surface area (Å²) < 4.78 is 1.83. The van der Waals surface area contributed by atoms with Crippen molar-refractivity contribution < 1.29 is 9.59 Å². The van der Waals surface area contributed by atoms with Gasteiger partial charge in [0, 0.05) is 36.8 Å². The molecule has 0 spiro atoms. The molecule has 7 nitrogen and oxygen atoms in total. The first-order chi connectivity index (χ1) is 14.9. The Kier molecular flexibility index (Phi) is 6.48. The minimum atomic E-state index is -0.763. The summed E-state index contributed by atoms with van der Waals surface area (Å²) in [5, 5.41) is 9.47. The monoisotopic (exact) mass is 443 g/mol. The van der Waals surface area contributed by atoms with Gasteiger partial charge in [-0.2, -0.15) is 5.10 Å². The zero-order valence-corrected chi connectivity index (χ0v) is 19.5. The molecule has 0 aromatic carbocycles. The second kappa shape index (κ2) is 9.12. The first kappa shape index (κ1) is 22.0. The summed E-state index contributed by atoms with van der Waals surface area (Å²) in [7, 11) is 1.93. The predicted molar refractivity (Wildman–Crippen MR) is 122 cm³/mol. The van der Waals surface area contributed by atoms with Gasteiger partial charge in [-0.05, 0) is 62.1 Å². The van der Waals surface area contributed by atoms with Crippen LogP contribution in [0.5, 0.6) is 0 Å². The number of likely N-dealkylation sites (tertiary alicyclic amines) is 1. The molecule has 4 heterocycles. The average Bonchev–Trinajstić information content (AvgIpc) is 3.43. The standard InChI is InChI=1S/C23H33N5O2S/c1-17(2)13-23(19-6-9-27(10-7-19)16-18-14-24-26(3)15-18)21(29)28(22(30)25-23)11-8-20-5-4-12-31-20/h4-5,12,14-15,17,19H,6-11,13,16H2,1-3H3,(H,25,30)/t23-/m0/s1. The van der Waals surface area contributed by atoms with E-state index in [4.69, 9.17) is 0 Å². The van der Waals surface area contributed by atoms with Gasteiger partial charge in [0.1, 0.15) is 5.54 Å². The predicted octanol–water partition coefficient (Wildman–Crippen LogP) is 3.27. The van der Waals surface area contributed by atoms with Gasteiger partial charge in [-0.1, -0.05) is 19.9 Å². The zero-order valence-electron chi connectivity index (χ0n) is 18.7. The molecule has 1 N–H and O–H groups in total.